The second-order valence-electron chi connectivity index (χ2n) is 5.07. The lowest BCUT2D eigenvalue weighted by atomic mass is 9.87. The molecular formula is C11H19O4-. The SMILES string of the molecule is CC(C)(C)CCCC(CC(=O)O)C(=O)[O-]. The average Bonchev–Trinajstić information content (AvgIpc) is 1.99. The van der Waals surface area contributed by atoms with Gasteiger partial charge < -0.3 is 15.0 Å². The van der Waals surface area contributed by atoms with Crippen molar-refractivity contribution >= 4 is 11.9 Å². The Morgan fingerprint density at radius 2 is 1.87 bits per heavy atom. The van der Waals surface area contributed by atoms with Gasteiger partial charge in [-0.2, -0.15) is 0 Å². The molecule has 0 bridgehead atoms. The van der Waals surface area contributed by atoms with Crippen LogP contribution in [0.2, 0.25) is 0 Å². The maximum absolute atomic E-state index is 10.6. The standard InChI is InChI=1S/C11H20O4/c1-11(2,3)6-4-5-8(10(14)15)7-9(12)13/h8H,4-7H2,1-3H3,(H,12,13)(H,14,15)/p-1. The molecular weight excluding hydrogens is 196 g/mol. The maximum atomic E-state index is 10.6. The molecule has 0 radical (unpaired) electrons. The minimum Gasteiger partial charge on any atom is -0.550 e. The number of carbonyl (C=O) groups excluding carboxylic acids is 1. The van der Waals surface area contributed by atoms with E-state index in [1.807, 2.05) is 0 Å². The molecule has 0 aromatic rings. The van der Waals surface area contributed by atoms with Crippen LogP contribution < -0.4 is 5.11 Å². The van der Waals surface area contributed by atoms with Crippen LogP contribution in [0.1, 0.15) is 46.5 Å². The summed E-state index contributed by atoms with van der Waals surface area (Å²) in [5.74, 6) is -3.20. The largest absolute Gasteiger partial charge is 0.550 e. The highest BCUT2D eigenvalue weighted by atomic mass is 16.4. The molecule has 0 aliphatic rings. The van der Waals surface area contributed by atoms with Gasteiger partial charge in [0.25, 0.3) is 0 Å². The summed E-state index contributed by atoms with van der Waals surface area (Å²) < 4.78 is 0. The van der Waals surface area contributed by atoms with E-state index in [9.17, 15) is 14.7 Å². The Labute approximate surface area is 90.3 Å². The van der Waals surface area contributed by atoms with Crippen molar-refractivity contribution in [1.82, 2.24) is 0 Å². The predicted octanol–water partition coefficient (Wildman–Crippen LogP) is 1.04. The van der Waals surface area contributed by atoms with Crippen LogP contribution in [0, 0.1) is 11.3 Å². The van der Waals surface area contributed by atoms with E-state index in [0.717, 1.165) is 12.8 Å². The molecule has 0 heterocycles. The smallest absolute Gasteiger partial charge is 0.304 e. The number of aliphatic carboxylic acids is 2. The van der Waals surface area contributed by atoms with Crippen molar-refractivity contribution in [1.29, 1.82) is 0 Å². The molecule has 0 aliphatic heterocycles. The van der Waals surface area contributed by atoms with Crippen molar-refractivity contribution in [2.45, 2.75) is 46.5 Å². The monoisotopic (exact) mass is 215 g/mol. The van der Waals surface area contributed by atoms with E-state index in [2.05, 4.69) is 20.8 Å². The number of hydrogen-bond acceptors (Lipinski definition) is 3. The molecule has 1 unspecified atom stereocenters. The van der Waals surface area contributed by atoms with Crippen LogP contribution in [0.15, 0.2) is 0 Å². The second-order valence-corrected chi connectivity index (χ2v) is 5.07. The molecule has 4 heteroatoms. The number of rotatable bonds is 6. The highest BCUT2D eigenvalue weighted by Crippen LogP contribution is 2.23. The second kappa shape index (κ2) is 5.73. The molecule has 0 spiro atoms. The van der Waals surface area contributed by atoms with Gasteiger partial charge in [0.2, 0.25) is 0 Å². The average molecular weight is 215 g/mol. The Balaban J connectivity index is 3.98. The fourth-order valence-electron chi connectivity index (χ4n) is 1.39. The van der Waals surface area contributed by atoms with Gasteiger partial charge >= 0.3 is 5.97 Å². The van der Waals surface area contributed by atoms with Gasteiger partial charge in [0, 0.05) is 11.9 Å². The Hall–Kier alpha value is -1.06. The van der Waals surface area contributed by atoms with Gasteiger partial charge in [-0.05, 0) is 18.3 Å². The molecule has 0 amide bonds. The molecule has 0 aliphatic carbocycles. The van der Waals surface area contributed by atoms with Crippen LogP contribution in [-0.4, -0.2) is 17.0 Å². The third-order valence-corrected chi connectivity index (χ3v) is 2.23. The van der Waals surface area contributed by atoms with Crippen LogP contribution in [0.25, 0.3) is 0 Å². The van der Waals surface area contributed by atoms with E-state index in [1.165, 1.54) is 0 Å². The van der Waals surface area contributed by atoms with E-state index in [-0.39, 0.29) is 11.8 Å². The predicted molar refractivity (Wildman–Crippen MR) is 54.1 cm³/mol. The summed E-state index contributed by atoms with van der Waals surface area (Å²) in [5, 5.41) is 19.1. The first-order valence-electron chi connectivity index (χ1n) is 5.15. The summed E-state index contributed by atoms with van der Waals surface area (Å²) in [7, 11) is 0. The first-order chi connectivity index (χ1) is 6.72. The zero-order chi connectivity index (χ0) is 12.1. The summed E-state index contributed by atoms with van der Waals surface area (Å²) in [5.41, 5.74) is 0.152. The Morgan fingerprint density at radius 1 is 1.33 bits per heavy atom. The Morgan fingerprint density at radius 3 is 2.20 bits per heavy atom. The van der Waals surface area contributed by atoms with Crippen molar-refractivity contribution < 1.29 is 19.8 Å². The lowest BCUT2D eigenvalue weighted by Gasteiger charge is -2.20. The summed E-state index contributed by atoms with van der Waals surface area (Å²) in [6.45, 7) is 6.20. The molecule has 0 saturated carbocycles. The Bertz CT molecular complexity index is 227. The number of carboxylic acid groups (broad SMARTS) is 2. The quantitative estimate of drug-likeness (QED) is 0.718. The summed E-state index contributed by atoms with van der Waals surface area (Å²) >= 11 is 0. The van der Waals surface area contributed by atoms with Crippen molar-refractivity contribution in [3.8, 4) is 0 Å². The fourth-order valence-corrected chi connectivity index (χ4v) is 1.39. The van der Waals surface area contributed by atoms with Crippen molar-refractivity contribution in [2.75, 3.05) is 0 Å². The topological polar surface area (TPSA) is 77.4 Å². The van der Waals surface area contributed by atoms with Crippen LogP contribution in [-0.2, 0) is 9.59 Å². The number of carbonyl (C=O) groups is 2. The van der Waals surface area contributed by atoms with Crippen molar-refractivity contribution in [3.63, 3.8) is 0 Å². The van der Waals surface area contributed by atoms with Gasteiger partial charge in [-0.1, -0.05) is 27.2 Å². The summed E-state index contributed by atoms with van der Waals surface area (Å²) in [6, 6.07) is 0. The van der Waals surface area contributed by atoms with Gasteiger partial charge in [-0.3, -0.25) is 4.79 Å². The normalized spacial score (nSPS) is 13.5. The van der Waals surface area contributed by atoms with Crippen molar-refractivity contribution in [2.24, 2.45) is 11.3 Å². The maximum Gasteiger partial charge on any atom is 0.304 e. The van der Waals surface area contributed by atoms with E-state index >= 15 is 0 Å². The zero-order valence-corrected chi connectivity index (χ0v) is 9.58. The number of hydrogen-bond donors (Lipinski definition) is 1. The molecule has 4 nitrogen and oxygen atoms in total. The highest BCUT2D eigenvalue weighted by molar-refractivity contribution is 5.76. The first kappa shape index (κ1) is 13.9. The van der Waals surface area contributed by atoms with Crippen LogP contribution in [0.5, 0.6) is 0 Å². The lowest BCUT2D eigenvalue weighted by Crippen LogP contribution is -2.32. The Kier molecular flexibility index (Phi) is 5.33. The van der Waals surface area contributed by atoms with Gasteiger partial charge in [-0.25, -0.2) is 0 Å². The third-order valence-electron chi connectivity index (χ3n) is 2.23. The molecule has 15 heavy (non-hydrogen) atoms. The first-order valence-corrected chi connectivity index (χ1v) is 5.15. The van der Waals surface area contributed by atoms with Crippen LogP contribution in [0.3, 0.4) is 0 Å². The van der Waals surface area contributed by atoms with Crippen LogP contribution in [0.4, 0.5) is 0 Å². The van der Waals surface area contributed by atoms with E-state index in [1.54, 1.807) is 0 Å². The highest BCUT2D eigenvalue weighted by Gasteiger charge is 2.16. The molecule has 0 fully saturated rings. The van der Waals surface area contributed by atoms with E-state index in [4.69, 9.17) is 5.11 Å². The summed E-state index contributed by atoms with van der Waals surface area (Å²) in [6.07, 6.45) is 1.64. The molecule has 0 saturated heterocycles. The van der Waals surface area contributed by atoms with Crippen molar-refractivity contribution in [3.05, 3.63) is 0 Å². The van der Waals surface area contributed by atoms with E-state index in [0.29, 0.717) is 6.42 Å². The lowest BCUT2D eigenvalue weighted by molar-refractivity contribution is -0.312. The molecule has 0 rings (SSSR count). The fraction of sp³-hybridized carbons (Fsp3) is 0.818. The van der Waals surface area contributed by atoms with Gasteiger partial charge in [0.1, 0.15) is 0 Å². The molecule has 0 aromatic heterocycles. The minimum atomic E-state index is -1.26. The van der Waals surface area contributed by atoms with Gasteiger partial charge in [0.05, 0.1) is 6.42 Å². The molecule has 1 atom stereocenters. The molecule has 1 N–H and O–H groups in total. The van der Waals surface area contributed by atoms with Gasteiger partial charge in [0.15, 0.2) is 0 Å². The zero-order valence-electron chi connectivity index (χ0n) is 9.58. The third kappa shape index (κ3) is 7.97. The molecule has 0 aromatic carbocycles. The molecule has 88 valence electrons. The van der Waals surface area contributed by atoms with Gasteiger partial charge in [-0.15, -0.1) is 0 Å². The van der Waals surface area contributed by atoms with Crippen LogP contribution >= 0.6 is 0 Å². The van der Waals surface area contributed by atoms with E-state index < -0.39 is 17.9 Å². The summed E-state index contributed by atoms with van der Waals surface area (Å²) in [4.78, 5) is 21.0. The number of carboxylic acids is 2. The minimum absolute atomic E-state index is 0.152.